The van der Waals surface area contributed by atoms with Crippen LogP contribution in [0.4, 0.5) is 0 Å². The molecule has 0 radical (unpaired) electrons. The maximum Gasteiger partial charge on any atom is 0.255 e. The van der Waals surface area contributed by atoms with Gasteiger partial charge in [0.05, 0.1) is 5.56 Å². The summed E-state index contributed by atoms with van der Waals surface area (Å²) in [6.07, 6.45) is 7.69. The molecule has 3 heteroatoms. The normalized spacial score (nSPS) is 11.1. The van der Waals surface area contributed by atoms with Crippen LogP contribution in [0, 0.1) is 0 Å². The van der Waals surface area contributed by atoms with E-state index in [4.69, 9.17) is 0 Å². The van der Waals surface area contributed by atoms with Crippen LogP contribution in [0.5, 0.6) is 0 Å². The topological polar surface area (TPSA) is 37.4 Å². The van der Waals surface area contributed by atoms with Crippen LogP contribution in [0.25, 0.3) is 0 Å². The molecule has 0 spiro atoms. The fourth-order valence-electron chi connectivity index (χ4n) is 2.49. The molecule has 0 fully saturated rings. The standard InChI is InChI=1S/C22H23NO2/c1-3-5-16-23(17-6-4-2)22(25)20-15-11-10-14-19(20)21(24)18-12-8-7-9-13-18/h3-15H,16-17H2,1-2H3. The van der Waals surface area contributed by atoms with Gasteiger partial charge in [0.25, 0.3) is 5.91 Å². The number of hydrogen-bond donors (Lipinski definition) is 0. The Morgan fingerprint density at radius 3 is 1.88 bits per heavy atom. The van der Waals surface area contributed by atoms with Crippen LogP contribution in [0.15, 0.2) is 78.9 Å². The summed E-state index contributed by atoms with van der Waals surface area (Å²) < 4.78 is 0. The lowest BCUT2D eigenvalue weighted by Crippen LogP contribution is -2.32. The Balaban J connectivity index is 2.37. The van der Waals surface area contributed by atoms with Gasteiger partial charge in [-0.25, -0.2) is 0 Å². The van der Waals surface area contributed by atoms with Crippen LogP contribution in [0.1, 0.15) is 40.1 Å². The highest BCUT2D eigenvalue weighted by Crippen LogP contribution is 2.17. The van der Waals surface area contributed by atoms with Crippen molar-refractivity contribution in [1.29, 1.82) is 0 Å². The zero-order valence-corrected chi connectivity index (χ0v) is 14.7. The van der Waals surface area contributed by atoms with Crippen molar-refractivity contribution in [2.75, 3.05) is 13.1 Å². The summed E-state index contributed by atoms with van der Waals surface area (Å²) in [4.78, 5) is 27.6. The van der Waals surface area contributed by atoms with Crippen LogP contribution in [0.3, 0.4) is 0 Å². The summed E-state index contributed by atoms with van der Waals surface area (Å²) in [5.41, 5.74) is 1.45. The monoisotopic (exact) mass is 333 g/mol. The molecule has 2 rings (SSSR count). The summed E-state index contributed by atoms with van der Waals surface area (Å²) >= 11 is 0. The van der Waals surface area contributed by atoms with Crippen molar-refractivity contribution in [3.8, 4) is 0 Å². The quantitative estimate of drug-likeness (QED) is 0.552. The van der Waals surface area contributed by atoms with Crippen molar-refractivity contribution in [1.82, 2.24) is 4.90 Å². The minimum atomic E-state index is -0.143. The average molecular weight is 333 g/mol. The van der Waals surface area contributed by atoms with Gasteiger partial charge in [-0.1, -0.05) is 72.8 Å². The number of carbonyl (C=O) groups excluding carboxylic acids is 2. The number of carbonyl (C=O) groups is 2. The zero-order valence-electron chi connectivity index (χ0n) is 14.7. The lowest BCUT2D eigenvalue weighted by molar-refractivity contribution is 0.0786. The van der Waals surface area contributed by atoms with Gasteiger partial charge in [-0.05, 0) is 19.9 Å². The second-order valence-corrected chi connectivity index (χ2v) is 5.59. The van der Waals surface area contributed by atoms with Gasteiger partial charge < -0.3 is 4.90 Å². The maximum absolute atomic E-state index is 13.0. The molecule has 0 atom stereocenters. The molecular formula is C22H23NO2. The van der Waals surface area contributed by atoms with E-state index in [2.05, 4.69) is 0 Å². The first kappa shape index (κ1) is 18.4. The molecule has 0 bridgehead atoms. The third-order valence-corrected chi connectivity index (χ3v) is 3.85. The Morgan fingerprint density at radius 1 is 0.800 bits per heavy atom. The van der Waals surface area contributed by atoms with E-state index in [1.54, 1.807) is 41.3 Å². The summed E-state index contributed by atoms with van der Waals surface area (Å²) in [5.74, 6) is -0.280. The first-order valence-corrected chi connectivity index (χ1v) is 8.39. The van der Waals surface area contributed by atoms with Gasteiger partial charge >= 0.3 is 0 Å². The van der Waals surface area contributed by atoms with Crippen LogP contribution >= 0.6 is 0 Å². The fourth-order valence-corrected chi connectivity index (χ4v) is 2.49. The molecule has 0 aliphatic rings. The summed E-state index contributed by atoms with van der Waals surface area (Å²) in [6.45, 7) is 4.86. The molecule has 2 aromatic rings. The van der Waals surface area contributed by atoms with Gasteiger partial charge in [0.15, 0.2) is 5.78 Å². The smallest absolute Gasteiger partial charge is 0.255 e. The van der Waals surface area contributed by atoms with E-state index >= 15 is 0 Å². The Hall–Kier alpha value is -2.94. The number of benzene rings is 2. The van der Waals surface area contributed by atoms with E-state index in [1.165, 1.54) is 0 Å². The average Bonchev–Trinajstić information content (AvgIpc) is 2.68. The number of allylic oxidation sites excluding steroid dienone is 2. The summed E-state index contributed by atoms with van der Waals surface area (Å²) in [6, 6.07) is 16.0. The highest BCUT2D eigenvalue weighted by Gasteiger charge is 2.21. The Kier molecular flexibility index (Phi) is 6.90. The van der Waals surface area contributed by atoms with Gasteiger partial charge in [0, 0.05) is 24.2 Å². The Morgan fingerprint density at radius 2 is 1.32 bits per heavy atom. The second kappa shape index (κ2) is 9.38. The van der Waals surface area contributed by atoms with Gasteiger partial charge in [0.2, 0.25) is 0 Å². The van der Waals surface area contributed by atoms with Crippen molar-refractivity contribution >= 4 is 11.7 Å². The number of hydrogen-bond acceptors (Lipinski definition) is 2. The predicted molar refractivity (Wildman–Crippen MR) is 102 cm³/mol. The molecule has 3 nitrogen and oxygen atoms in total. The van der Waals surface area contributed by atoms with E-state index in [1.807, 2.05) is 56.4 Å². The molecule has 0 N–H and O–H groups in total. The molecule has 0 aliphatic carbocycles. The minimum absolute atomic E-state index is 0.137. The molecule has 128 valence electrons. The van der Waals surface area contributed by atoms with E-state index in [-0.39, 0.29) is 11.7 Å². The van der Waals surface area contributed by atoms with E-state index in [9.17, 15) is 9.59 Å². The largest absolute Gasteiger partial charge is 0.331 e. The third kappa shape index (κ3) is 4.77. The SMILES string of the molecule is CC=CCN(CC=CC)C(=O)c1ccccc1C(=O)c1ccccc1. The third-order valence-electron chi connectivity index (χ3n) is 3.85. The first-order chi connectivity index (χ1) is 12.2. The molecule has 1 amide bonds. The first-order valence-electron chi connectivity index (χ1n) is 8.39. The van der Waals surface area contributed by atoms with E-state index < -0.39 is 0 Å². The number of nitrogens with zero attached hydrogens (tertiary/aromatic N) is 1. The molecule has 0 saturated carbocycles. The highest BCUT2D eigenvalue weighted by molar-refractivity contribution is 6.15. The lowest BCUT2D eigenvalue weighted by Gasteiger charge is -2.21. The molecule has 0 aromatic heterocycles. The van der Waals surface area contributed by atoms with E-state index in [0.29, 0.717) is 29.8 Å². The van der Waals surface area contributed by atoms with E-state index in [0.717, 1.165) is 0 Å². The molecule has 0 aliphatic heterocycles. The molecule has 25 heavy (non-hydrogen) atoms. The molecule has 0 saturated heterocycles. The molecular weight excluding hydrogens is 310 g/mol. The summed E-state index contributed by atoms with van der Waals surface area (Å²) in [7, 11) is 0. The molecule has 0 heterocycles. The zero-order chi connectivity index (χ0) is 18.1. The highest BCUT2D eigenvalue weighted by atomic mass is 16.2. The van der Waals surface area contributed by atoms with Crippen LogP contribution in [-0.2, 0) is 0 Å². The summed E-state index contributed by atoms with van der Waals surface area (Å²) in [5, 5.41) is 0. The van der Waals surface area contributed by atoms with Gasteiger partial charge in [-0.3, -0.25) is 9.59 Å². The van der Waals surface area contributed by atoms with Gasteiger partial charge in [-0.2, -0.15) is 0 Å². The fraction of sp³-hybridized carbons (Fsp3) is 0.182. The second-order valence-electron chi connectivity index (χ2n) is 5.59. The number of amides is 1. The van der Waals surface area contributed by atoms with Crippen LogP contribution in [-0.4, -0.2) is 29.7 Å². The van der Waals surface area contributed by atoms with Crippen molar-refractivity contribution in [2.24, 2.45) is 0 Å². The molecule has 0 unspecified atom stereocenters. The molecule has 2 aromatic carbocycles. The van der Waals surface area contributed by atoms with Crippen molar-refractivity contribution in [3.63, 3.8) is 0 Å². The van der Waals surface area contributed by atoms with Gasteiger partial charge in [0.1, 0.15) is 0 Å². The lowest BCUT2D eigenvalue weighted by atomic mass is 9.97. The number of rotatable bonds is 7. The number of ketones is 1. The predicted octanol–water partition coefficient (Wildman–Crippen LogP) is 4.51. The maximum atomic E-state index is 13.0. The van der Waals surface area contributed by atoms with Crippen LogP contribution < -0.4 is 0 Å². The van der Waals surface area contributed by atoms with Crippen molar-refractivity contribution in [3.05, 3.63) is 95.6 Å². The van der Waals surface area contributed by atoms with Crippen molar-refractivity contribution in [2.45, 2.75) is 13.8 Å². The Bertz CT molecular complexity index is 762. The minimum Gasteiger partial charge on any atom is -0.331 e. The Labute approximate surface area is 149 Å². The van der Waals surface area contributed by atoms with Crippen molar-refractivity contribution < 1.29 is 9.59 Å². The van der Waals surface area contributed by atoms with Crippen LogP contribution in [0.2, 0.25) is 0 Å². The van der Waals surface area contributed by atoms with Gasteiger partial charge in [-0.15, -0.1) is 0 Å².